The molecule has 10 heavy (non-hydrogen) atoms. The highest BCUT2D eigenvalue weighted by molar-refractivity contribution is 4.66. The molecule has 0 aliphatic rings. The maximum absolute atomic E-state index is 10.2. The average molecular weight is 156 g/mol. The first-order valence-electron chi connectivity index (χ1n) is 2.88. The van der Waals surface area contributed by atoms with Crippen LogP contribution >= 0.6 is 0 Å². The Morgan fingerprint density at radius 3 is 1.60 bits per heavy atom. The van der Waals surface area contributed by atoms with Crippen LogP contribution in [0, 0.1) is 0 Å². The van der Waals surface area contributed by atoms with Crippen LogP contribution in [-0.2, 0) is 4.74 Å². The number of halogens is 3. The van der Waals surface area contributed by atoms with Crippen LogP contribution in [-0.4, -0.2) is 13.2 Å². The first kappa shape index (κ1) is 12.2. The second kappa shape index (κ2) is 11.3. The monoisotopic (exact) mass is 156 g/mol. The van der Waals surface area contributed by atoms with E-state index in [1.54, 1.807) is 0 Å². The average Bonchev–Trinajstić information content (AvgIpc) is 1.91. The van der Waals surface area contributed by atoms with Gasteiger partial charge in [0.15, 0.2) is 6.33 Å². The molecule has 0 N–H and O–H groups in total. The lowest BCUT2D eigenvalue weighted by molar-refractivity contribution is 0.162. The van der Waals surface area contributed by atoms with Gasteiger partial charge in [-0.25, -0.2) is 4.39 Å². The highest BCUT2D eigenvalue weighted by Crippen LogP contribution is 1.93. The van der Waals surface area contributed by atoms with Crippen LogP contribution in [0.2, 0.25) is 0 Å². The predicted octanol–water partition coefficient (Wildman–Crippen LogP) is 2.74. The van der Waals surface area contributed by atoms with Crippen molar-refractivity contribution < 1.29 is 17.9 Å². The fraction of sp³-hybridized carbons (Fsp3) is 0.667. The minimum Gasteiger partial charge on any atom is -0.382 e. The van der Waals surface area contributed by atoms with E-state index >= 15 is 0 Å². The van der Waals surface area contributed by atoms with Gasteiger partial charge in [0.1, 0.15) is 0 Å². The van der Waals surface area contributed by atoms with Gasteiger partial charge in [-0.2, -0.15) is 8.78 Å². The molecule has 0 radical (unpaired) electrons. The Morgan fingerprint density at radius 1 is 1.30 bits per heavy atom. The van der Waals surface area contributed by atoms with E-state index in [1.165, 1.54) is 0 Å². The van der Waals surface area contributed by atoms with Crippen LogP contribution in [0.25, 0.3) is 0 Å². The van der Waals surface area contributed by atoms with E-state index in [0.29, 0.717) is 0 Å². The molecule has 0 aromatic carbocycles. The smallest absolute Gasteiger partial charge is 0.298 e. The molecule has 0 aromatic heterocycles. The standard InChI is InChI=1S/C4H10O.C2HF3/c1-3-5-4-2;3-1-2(4)5/h3-4H2,1-2H3;1H. The third-order valence-corrected chi connectivity index (χ3v) is 0.491. The lowest BCUT2D eigenvalue weighted by Gasteiger charge is -1.86. The third kappa shape index (κ3) is 25.9. The zero-order valence-corrected chi connectivity index (χ0v) is 6.03. The topological polar surface area (TPSA) is 9.23 Å². The van der Waals surface area contributed by atoms with Crippen molar-refractivity contribution in [2.45, 2.75) is 13.8 Å². The van der Waals surface area contributed by atoms with Crippen molar-refractivity contribution in [1.82, 2.24) is 0 Å². The Balaban J connectivity index is 0. The van der Waals surface area contributed by atoms with Gasteiger partial charge >= 0.3 is 0 Å². The quantitative estimate of drug-likeness (QED) is 0.597. The van der Waals surface area contributed by atoms with Gasteiger partial charge in [0, 0.05) is 13.2 Å². The molecule has 0 rings (SSSR count). The molecule has 0 amide bonds. The number of rotatable bonds is 2. The summed E-state index contributed by atoms with van der Waals surface area (Å²) >= 11 is 0. The van der Waals surface area contributed by atoms with Gasteiger partial charge in [0.05, 0.1) is 0 Å². The van der Waals surface area contributed by atoms with Gasteiger partial charge in [0.2, 0.25) is 0 Å². The van der Waals surface area contributed by atoms with Crippen LogP contribution in [0.3, 0.4) is 0 Å². The van der Waals surface area contributed by atoms with Crippen molar-refractivity contribution in [3.8, 4) is 0 Å². The maximum Gasteiger partial charge on any atom is 0.298 e. The summed E-state index contributed by atoms with van der Waals surface area (Å²) in [7, 11) is 0. The van der Waals surface area contributed by atoms with Crippen molar-refractivity contribution >= 4 is 0 Å². The molecule has 0 bridgehead atoms. The number of ether oxygens (including phenoxy) is 1. The van der Waals surface area contributed by atoms with Gasteiger partial charge in [0.25, 0.3) is 6.08 Å². The van der Waals surface area contributed by atoms with E-state index in [0.717, 1.165) is 13.2 Å². The van der Waals surface area contributed by atoms with Gasteiger partial charge < -0.3 is 4.74 Å². The molecule has 4 heteroatoms. The molecule has 0 aliphatic heterocycles. The summed E-state index contributed by atoms with van der Waals surface area (Å²) in [5, 5.41) is 0. The Hall–Kier alpha value is -0.510. The molecule has 0 fully saturated rings. The van der Waals surface area contributed by atoms with Crippen LogP contribution in [0.4, 0.5) is 13.2 Å². The highest BCUT2D eigenvalue weighted by atomic mass is 19.3. The summed E-state index contributed by atoms with van der Waals surface area (Å²) < 4.78 is 35.5. The first-order chi connectivity index (χ1) is 4.68. The summed E-state index contributed by atoms with van der Waals surface area (Å²) in [4.78, 5) is 0. The Morgan fingerprint density at radius 2 is 1.60 bits per heavy atom. The van der Waals surface area contributed by atoms with Gasteiger partial charge in [-0.15, -0.1) is 0 Å². The summed E-state index contributed by atoms with van der Waals surface area (Å²) in [5.74, 6) is 0. The third-order valence-electron chi connectivity index (χ3n) is 0.491. The molecule has 0 aliphatic carbocycles. The first-order valence-corrected chi connectivity index (χ1v) is 2.88. The van der Waals surface area contributed by atoms with Gasteiger partial charge in [-0.1, -0.05) is 0 Å². The summed E-state index contributed by atoms with van der Waals surface area (Å²) in [6.45, 7) is 5.67. The molecular formula is C6H11F3O. The van der Waals surface area contributed by atoms with E-state index in [9.17, 15) is 13.2 Å². The molecule has 0 saturated carbocycles. The lowest BCUT2D eigenvalue weighted by Crippen LogP contribution is -1.84. The molecule has 0 atom stereocenters. The molecule has 0 spiro atoms. The highest BCUT2D eigenvalue weighted by Gasteiger charge is 1.78. The van der Waals surface area contributed by atoms with Crippen molar-refractivity contribution in [2.75, 3.05) is 13.2 Å². The van der Waals surface area contributed by atoms with E-state index in [-0.39, 0.29) is 0 Å². The van der Waals surface area contributed by atoms with Gasteiger partial charge in [-0.3, -0.25) is 0 Å². The molecule has 62 valence electrons. The molecule has 0 unspecified atom stereocenters. The molecule has 1 nitrogen and oxygen atoms in total. The normalized spacial score (nSPS) is 7.70. The van der Waals surface area contributed by atoms with E-state index in [1.807, 2.05) is 13.8 Å². The fourth-order valence-electron chi connectivity index (χ4n) is 0.204. The van der Waals surface area contributed by atoms with E-state index in [2.05, 4.69) is 0 Å². The lowest BCUT2D eigenvalue weighted by atomic mass is 10.8. The maximum atomic E-state index is 10.2. The number of hydrogen-bond donors (Lipinski definition) is 0. The van der Waals surface area contributed by atoms with E-state index in [4.69, 9.17) is 4.74 Å². The Bertz CT molecular complexity index is 77.1. The molecule has 0 heterocycles. The number of hydrogen-bond acceptors (Lipinski definition) is 1. The van der Waals surface area contributed by atoms with Crippen LogP contribution in [0.5, 0.6) is 0 Å². The predicted molar refractivity (Wildman–Crippen MR) is 33.6 cm³/mol. The molecular weight excluding hydrogens is 145 g/mol. The second-order valence-corrected chi connectivity index (χ2v) is 1.18. The van der Waals surface area contributed by atoms with Crippen molar-refractivity contribution in [2.24, 2.45) is 0 Å². The second-order valence-electron chi connectivity index (χ2n) is 1.18. The van der Waals surface area contributed by atoms with Crippen LogP contribution in [0.1, 0.15) is 13.8 Å². The summed E-state index contributed by atoms with van der Waals surface area (Å²) in [6.07, 6.45) is -3.04. The Kier molecular flexibility index (Phi) is 13.8. The fourth-order valence-corrected chi connectivity index (χ4v) is 0.204. The minimum atomic E-state index is -2.29. The van der Waals surface area contributed by atoms with Crippen molar-refractivity contribution in [3.05, 3.63) is 12.4 Å². The van der Waals surface area contributed by atoms with Crippen LogP contribution in [0.15, 0.2) is 12.4 Å². The van der Waals surface area contributed by atoms with Crippen LogP contribution < -0.4 is 0 Å². The summed E-state index contributed by atoms with van der Waals surface area (Å²) in [6, 6.07) is 0. The van der Waals surface area contributed by atoms with E-state index < -0.39 is 12.4 Å². The Labute approximate surface area is 58.5 Å². The zero-order chi connectivity index (χ0) is 8.41. The van der Waals surface area contributed by atoms with Gasteiger partial charge in [-0.05, 0) is 13.8 Å². The minimum absolute atomic E-state index is 0.750. The zero-order valence-electron chi connectivity index (χ0n) is 6.03. The van der Waals surface area contributed by atoms with Crippen molar-refractivity contribution in [3.63, 3.8) is 0 Å². The largest absolute Gasteiger partial charge is 0.382 e. The molecule has 0 saturated heterocycles. The molecule has 0 aromatic rings. The van der Waals surface area contributed by atoms with Crippen molar-refractivity contribution in [1.29, 1.82) is 0 Å². The summed E-state index contributed by atoms with van der Waals surface area (Å²) in [5.41, 5.74) is 0. The SMILES string of the molecule is CCOCC.FC=C(F)F.